The summed E-state index contributed by atoms with van der Waals surface area (Å²) in [6, 6.07) is 5.17. The number of nitrogens with one attached hydrogen (secondary N) is 2. The molecule has 1 aromatic heterocycles. The molecule has 0 saturated heterocycles. The van der Waals surface area contributed by atoms with Crippen LogP contribution in [0.5, 0.6) is 0 Å². The first-order valence-electron chi connectivity index (χ1n) is 6.07. The predicted molar refractivity (Wildman–Crippen MR) is 71.7 cm³/mol. The van der Waals surface area contributed by atoms with Crippen molar-refractivity contribution in [2.75, 3.05) is 20.1 Å². The summed E-state index contributed by atoms with van der Waals surface area (Å²) in [6.45, 7) is 2.50. The number of carbonyl (C=O) groups is 2. The van der Waals surface area contributed by atoms with Crippen LogP contribution in [0.2, 0.25) is 0 Å². The highest BCUT2D eigenvalue weighted by molar-refractivity contribution is 5.98. The Balaban J connectivity index is 2.01. The van der Waals surface area contributed by atoms with E-state index in [0.717, 1.165) is 11.0 Å². The third-order valence-corrected chi connectivity index (χ3v) is 2.98. The van der Waals surface area contributed by atoms with Gasteiger partial charge in [0.2, 0.25) is 5.91 Å². The minimum atomic E-state index is -0.269. The summed E-state index contributed by atoms with van der Waals surface area (Å²) in [5.41, 5.74) is 2.10. The van der Waals surface area contributed by atoms with Gasteiger partial charge in [0, 0.05) is 19.2 Å². The van der Waals surface area contributed by atoms with Gasteiger partial charge in [-0.3, -0.25) is 9.59 Å². The van der Waals surface area contributed by atoms with Crippen molar-refractivity contribution < 1.29 is 9.59 Å². The largest absolute Gasteiger partial charge is 0.345 e. The first kappa shape index (κ1) is 13.1. The van der Waals surface area contributed by atoms with Crippen molar-refractivity contribution in [3.8, 4) is 0 Å². The predicted octanol–water partition coefficient (Wildman–Crippen LogP) is 0.771. The second-order valence-corrected chi connectivity index (χ2v) is 4.23. The van der Waals surface area contributed by atoms with Crippen LogP contribution in [0.4, 0.5) is 0 Å². The molecule has 0 atom stereocenters. The zero-order valence-corrected chi connectivity index (χ0v) is 10.9. The molecule has 2 amide bonds. The van der Waals surface area contributed by atoms with Crippen molar-refractivity contribution in [2.24, 2.45) is 0 Å². The summed E-state index contributed by atoms with van der Waals surface area (Å²) in [7, 11) is 1.70. The molecule has 0 radical (unpaired) electrons. The van der Waals surface area contributed by atoms with E-state index in [1.165, 1.54) is 0 Å². The third-order valence-electron chi connectivity index (χ3n) is 2.98. The molecular weight excluding hydrogens is 244 g/mol. The van der Waals surface area contributed by atoms with Crippen LogP contribution in [0.1, 0.15) is 17.3 Å². The molecule has 2 rings (SSSR count). The molecule has 0 aliphatic heterocycles. The molecule has 0 aliphatic carbocycles. The molecule has 100 valence electrons. The highest BCUT2D eigenvalue weighted by Gasteiger charge is 2.11. The molecule has 6 nitrogen and oxygen atoms in total. The number of hydrogen-bond donors (Lipinski definition) is 2. The van der Waals surface area contributed by atoms with Crippen LogP contribution in [-0.4, -0.2) is 46.8 Å². The fourth-order valence-corrected chi connectivity index (χ4v) is 1.65. The van der Waals surface area contributed by atoms with Crippen LogP contribution in [0.15, 0.2) is 24.5 Å². The van der Waals surface area contributed by atoms with Crippen molar-refractivity contribution in [3.05, 3.63) is 30.1 Å². The average molecular weight is 260 g/mol. The molecule has 2 N–H and O–H groups in total. The van der Waals surface area contributed by atoms with Crippen molar-refractivity contribution in [1.29, 1.82) is 0 Å². The smallest absolute Gasteiger partial charge is 0.251 e. The number of hydrogen-bond acceptors (Lipinski definition) is 3. The van der Waals surface area contributed by atoms with Gasteiger partial charge in [-0.2, -0.15) is 0 Å². The number of H-pyrrole nitrogens is 1. The Hall–Kier alpha value is -2.37. The van der Waals surface area contributed by atoms with Crippen molar-refractivity contribution >= 4 is 22.8 Å². The molecule has 2 aromatic rings. The Morgan fingerprint density at radius 2 is 2.21 bits per heavy atom. The molecule has 0 spiro atoms. The van der Waals surface area contributed by atoms with Crippen molar-refractivity contribution in [2.45, 2.75) is 6.92 Å². The summed E-state index contributed by atoms with van der Waals surface area (Å²) < 4.78 is 0. The second kappa shape index (κ2) is 5.51. The second-order valence-electron chi connectivity index (χ2n) is 4.23. The summed E-state index contributed by atoms with van der Waals surface area (Å²) in [4.78, 5) is 32.1. The maximum atomic E-state index is 11.9. The van der Waals surface area contributed by atoms with Crippen LogP contribution in [0, 0.1) is 0 Å². The van der Waals surface area contributed by atoms with Gasteiger partial charge in [-0.15, -0.1) is 0 Å². The molecule has 0 saturated carbocycles. The number of fused-ring (bicyclic) bond motifs is 1. The lowest BCUT2D eigenvalue weighted by atomic mass is 10.2. The van der Waals surface area contributed by atoms with Crippen LogP contribution >= 0.6 is 0 Å². The lowest BCUT2D eigenvalue weighted by Crippen LogP contribution is -2.37. The quantitative estimate of drug-likeness (QED) is 0.852. The number of imidazole rings is 1. The topological polar surface area (TPSA) is 78.1 Å². The van der Waals surface area contributed by atoms with Gasteiger partial charge >= 0.3 is 0 Å². The molecule has 0 aliphatic rings. The van der Waals surface area contributed by atoms with Gasteiger partial charge in [0.05, 0.1) is 23.9 Å². The Bertz CT molecular complexity index is 605. The number of aromatic nitrogens is 2. The summed E-state index contributed by atoms with van der Waals surface area (Å²) >= 11 is 0. The fourth-order valence-electron chi connectivity index (χ4n) is 1.65. The van der Waals surface area contributed by atoms with Gasteiger partial charge in [-0.25, -0.2) is 4.98 Å². The monoisotopic (exact) mass is 260 g/mol. The summed E-state index contributed by atoms with van der Waals surface area (Å²) in [5.74, 6) is -0.382. The maximum Gasteiger partial charge on any atom is 0.251 e. The van der Waals surface area contributed by atoms with Gasteiger partial charge < -0.3 is 15.2 Å². The molecule has 0 fully saturated rings. The SMILES string of the molecule is CCN(C)C(=O)CNC(=O)c1ccc2nc[nH]c2c1. The zero-order valence-electron chi connectivity index (χ0n) is 10.9. The Morgan fingerprint density at radius 3 is 2.95 bits per heavy atom. The van der Waals surface area contributed by atoms with Crippen LogP contribution in [0.25, 0.3) is 11.0 Å². The molecule has 19 heavy (non-hydrogen) atoms. The van der Waals surface area contributed by atoms with E-state index in [2.05, 4.69) is 15.3 Å². The normalized spacial score (nSPS) is 10.4. The van der Waals surface area contributed by atoms with E-state index in [9.17, 15) is 9.59 Å². The number of benzene rings is 1. The molecule has 0 unspecified atom stereocenters. The van der Waals surface area contributed by atoms with Gasteiger partial charge in [0.1, 0.15) is 0 Å². The first-order valence-corrected chi connectivity index (χ1v) is 6.07. The van der Waals surface area contributed by atoms with Gasteiger partial charge in [-0.05, 0) is 25.1 Å². The number of nitrogens with zero attached hydrogens (tertiary/aromatic N) is 2. The van der Waals surface area contributed by atoms with E-state index in [1.54, 1.807) is 36.5 Å². The van der Waals surface area contributed by atoms with Gasteiger partial charge in [0.15, 0.2) is 0 Å². The Morgan fingerprint density at radius 1 is 1.42 bits per heavy atom. The molecule has 1 aromatic carbocycles. The van der Waals surface area contributed by atoms with Crippen molar-refractivity contribution in [1.82, 2.24) is 20.2 Å². The first-order chi connectivity index (χ1) is 9.11. The lowest BCUT2D eigenvalue weighted by molar-refractivity contribution is -0.128. The van der Waals surface area contributed by atoms with E-state index in [0.29, 0.717) is 12.1 Å². The Kier molecular flexibility index (Phi) is 3.79. The van der Waals surface area contributed by atoms with E-state index in [4.69, 9.17) is 0 Å². The minimum absolute atomic E-state index is 0.00415. The molecule has 6 heteroatoms. The lowest BCUT2D eigenvalue weighted by Gasteiger charge is -2.14. The number of aromatic amines is 1. The van der Waals surface area contributed by atoms with Gasteiger partial charge in [0.25, 0.3) is 5.91 Å². The Labute approximate surface area is 110 Å². The standard InChI is InChI=1S/C13H16N4O2/c1-3-17(2)12(18)7-14-13(19)9-4-5-10-11(6-9)16-8-15-10/h4-6,8H,3,7H2,1-2H3,(H,14,19)(H,15,16). The van der Waals surface area contributed by atoms with Crippen LogP contribution in [0.3, 0.4) is 0 Å². The van der Waals surface area contributed by atoms with E-state index < -0.39 is 0 Å². The zero-order chi connectivity index (χ0) is 13.8. The van der Waals surface area contributed by atoms with Crippen molar-refractivity contribution in [3.63, 3.8) is 0 Å². The molecule has 0 bridgehead atoms. The van der Waals surface area contributed by atoms with Crippen LogP contribution in [-0.2, 0) is 4.79 Å². The minimum Gasteiger partial charge on any atom is -0.345 e. The summed E-state index contributed by atoms with van der Waals surface area (Å²) in [6.07, 6.45) is 1.58. The molecular formula is C13H16N4O2. The van der Waals surface area contributed by atoms with Gasteiger partial charge in [-0.1, -0.05) is 0 Å². The van der Waals surface area contributed by atoms with Crippen LogP contribution < -0.4 is 5.32 Å². The highest BCUT2D eigenvalue weighted by Crippen LogP contribution is 2.11. The van der Waals surface area contributed by atoms with E-state index in [-0.39, 0.29) is 18.4 Å². The van der Waals surface area contributed by atoms with E-state index in [1.807, 2.05) is 6.92 Å². The summed E-state index contributed by atoms with van der Waals surface area (Å²) in [5, 5.41) is 2.61. The highest BCUT2D eigenvalue weighted by atomic mass is 16.2. The maximum absolute atomic E-state index is 11.9. The third kappa shape index (κ3) is 2.90. The average Bonchev–Trinajstić information content (AvgIpc) is 2.90. The number of amides is 2. The number of carbonyl (C=O) groups excluding carboxylic acids is 2. The fraction of sp³-hybridized carbons (Fsp3) is 0.308. The number of rotatable bonds is 4. The van der Waals surface area contributed by atoms with E-state index >= 15 is 0 Å². The molecule has 1 heterocycles. The number of likely N-dealkylation sites (N-methyl/N-ethyl adjacent to an activating group) is 1.